The van der Waals surface area contributed by atoms with Gasteiger partial charge in [0, 0.05) is 12.0 Å². The van der Waals surface area contributed by atoms with Crippen molar-refractivity contribution in [3.05, 3.63) is 35.4 Å². The minimum atomic E-state index is 0.227. The van der Waals surface area contributed by atoms with Gasteiger partial charge < -0.3 is 5.73 Å². The fourth-order valence-electron chi connectivity index (χ4n) is 2.98. The molecule has 0 unspecified atom stereocenters. The van der Waals surface area contributed by atoms with Crippen LogP contribution in [-0.4, -0.2) is 6.54 Å². The van der Waals surface area contributed by atoms with Gasteiger partial charge in [-0.1, -0.05) is 57.9 Å². The predicted molar refractivity (Wildman–Crippen MR) is 74.3 cm³/mol. The third-order valence-electron chi connectivity index (χ3n) is 4.29. The largest absolute Gasteiger partial charge is 0.330 e. The van der Waals surface area contributed by atoms with Crippen LogP contribution < -0.4 is 5.73 Å². The highest BCUT2D eigenvalue weighted by molar-refractivity contribution is 5.34. The Morgan fingerprint density at radius 1 is 1.18 bits per heavy atom. The molecular weight excluding hydrogens is 206 g/mol. The first-order valence-corrected chi connectivity index (χ1v) is 6.79. The molecule has 1 aliphatic rings. The van der Waals surface area contributed by atoms with Gasteiger partial charge in [0.05, 0.1) is 0 Å². The molecule has 1 nitrogen and oxygen atoms in total. The molecule has 1 heteroatoms. The Hall–Kier alpha value is -0.820. The minimum Gasteiger partial charge on any atom is -0.330 e. The minimum absolute atomic E-state index is 0.227. The quantitative estimate of drug-likeness (QED) is 0.824. The van der Waals surface area contributed by atoms with E-state index in [9.17, 15) is 0 Å². The SMILES string of the molecule is CC(C)(C)c1cccc(C2(CN)CCCC2)c1. The third kappa shape index (κ3) is 2.40. The first kappa shape index (κ1) is 12.6. The van der Waals surface area contributed by atoms with Crippen molar-refractivity contribution in [1.82, 2.24) is 0 Å². The Labute approximate surface area is 105 Å². The van der Waals surface area contributed by atoms with Crippen molar-refractivity contribution in [1.29, 1.82) is 0 Å². The fourth-order valence-corrected chi connectivity index (χ4v) is 2.98. The van der Waals surface area contributed by atoms with Crippen molar-refractivity contribution in [3.8, 4) is 0 Å². The van der Waals surface area contributed by atoms with Gasteiger partial charge in [-0.25, -0.2) is 0 Å². The van der Waals surface area contributed by atoms with E-state index in [1.807, 2.05) is 0 Å². The van der Waals surface area contributed by atoms with E-state index in [0.717, 1.165) is 6.54 Å². The lowest BCUT2D eigenvalue weighted by Gasteiger charge is -2.30. The second-order valence-electron chi connectivity index (χ2n) is 6.52. The normalized spacial score (nSPS) is 19.5. The monoisotopic (exact) mass is 231 g/mol. The topological polar surface area (TPSA) is 26.0 Å². The van der Waals surface area contributed by atoms with Crippen LogP contribution in [0.1, 0.15) is 57.6 Å². The molecule has 0 bridgehead atoms. The summed E-state index contributed by atoms with van der Waals surface area (Å²) in [5.41, 5.74) is 9.44. The Balaban J connectivity index is 2.39. The van der Waals surface area contributed by atoms with E-state index >= 15 is 0 Å². The van der Waals surface area contributed by atoms with Gasteiger partial charge in [0.15, 0.2) is 0 Å². The fraction of sp³-hybridized carbons (Fsp3) is 0.625. The molecule has 1 aromatic rings. The average Bonchev–Trinajstić information content (AvgIpc) is 2.78. The predicted octanol–water partition coefficient (Wildman–Crippen LogP) is 3.75. The van der Waals surface area contributed by atoms with Crippen LogP contribution in [0.5, 0.6) is 0 Å². The van der Waals surface area contributed by atoms with E-state index in [2.05, 4.69) is 45.0 Å². The van der Waals surface area contributed by atoms with Gasteiger partial charge in [-0.3, -0.25) is 0 Å². The number of nitrogens with two attached hydrogens (primary N) is 1. The summed E-state index contributed by atoms with van der Waals surface area (Å²) in [7, 11) is 0. The maximum Gasteiger partial charge on any atom is 0.00756 e. The number of benzene rings is 1. The lowest BCUT2D eigenvalue weighted by atomic mass is 9.76. The Kier molecular flexibility index (Phi) is 3.31. The van der Waals surface area contributed by atoms with Crippen LogP contribution >= 0.6 is 0 Å². The highest BCUT2D eigenvalue weighted by Gasteiger charge is 2.34. The molecule has 1 aliphatic carbocycles. The smallest absolute Gasteiger partial charge is 0.00756 e. The molecule has 2 rings (SSSR count). The van der Waals surface area contributed by atoms with Crippen molar-refractivity contribution < 1.29 is 0 Å². The maximum atomic E-state index is 6.06. The van der Waals surface area contributed by atoms with Crippen molar-refractivity contribution in [2.45, 2.75) is 57.3 Å². The Morgan fingerprint density at radius 2 is 1.82 bits per heavy atom. The molecule has 0 spiro atoms. The zero-order chi connectivity index (χ0) is 12.5. The molecule has 0 radical (unpaired) electrons. The molecule has 0 atom stereocenters. The van der Waals surface area contributed by atoms with Crippen molar-refractivity contribution >= 4 is 0 Å². The summed E-state index contributed by atoms with van der Waals surface area (Å²) in [4.78, 5) is 0. The first-order valence-electron chi connectivity index (χ1n) is 6.79. The average molecular weight is 231 g/mol. The zero-order valence-electron chi connectivity index (χ0n) is 11.4. The second-order valence-corrected chi connectivity index (χ2v) is 6.52. The molecule has 1 saturated carbocycles. The Bertz CT molecular complexity index is 381. The molecule has 1 fully saturated rings. The summed E-state index contributed by atoms with van der Waals surface area (Å²) >= 11 is 0. The van der Waals surface area contributed by atoms with E-state index in [1.165, 1.54) is 36.8 Å². The summed E-state index contributed by atoms with van der Waals surface area (Å²) < 4.78 is 0. The molecule has 94 valence electrons. The van der Waals surface area contributed by atoms with Gasteiger partial charge in [-0.15, -0.1) is 0 Å². The molecule has 2 N–H and O–H groups in total. The van der Waals surface area contributed by atoms with Crippen LogP contribution in [-0.2, 0) is 10.8 Å². The standard InChI is InChI=1S/C16H25N/c1-15(2,3)13-7-6-8-14(11-13)16(12-17)9-4-5-10-16/h6-8,11H,4-5,9-10,12,17H2,1-3H3. The van der Waals surface area contributed by atoms with Crippen LogP contribution in [0.25, 0.3) is 0 Å². The van der Waals surface area contributed by atoms with Crippen LogP contribution in [0.15, 0.2) is 24.3 Å². The molecule has 0 saturated heterocycles. The van der Waals surface area contributed by atoms with Gasteiger partial charge >= 0.3 is 0 Å². The van der Waals surface area contributed by atoms with Gasteiger partial charge in [-0.2, -0.15) is 0 Å². The van der Waals surface area contributed by atoms with Gasteiger partial charge in [0.2, 0.25) is 0 Å². The van der Waals surface area contributed by atoms with Gasteiger partial charge in [-0.05, 0) is 29.4 Å². The highest BCUT2D eigenvalue weighted by atomic mass is 14.6. The summed E-state index contributed by atoms with van der Waals surface area (Å²) in [6.07, 6.45) is 5.18. The van der Waals surface area contributed by atoms with E-state index in [-0.39, 0.29) is 10.8 Å². The van der Waals surface area contributed by atoms with Gasteiger partial charge in [0.1, 0.15) is 0 Å². The lowest BCUT2D eigenvalue weighted by Crippen LogP contribution is -2.32. The van der Waals surface area contributed by atoms with E-state index in [0.29, 0.717) is 0 Å². The number of rotatable bonds is 2. The van der Waals surface area contributed by atoms with Crippen molar-refractivity contribution in [2.24, 2.45) is 5.73 Å². The van der Waals surface area contributed by atoms with Crippen LogP contribution in [0.4, 0.5) is 0 Å². The van der Waals surface area contributed by atoms with Crippen LogP contribution in [0, 0.1) is 0 Å². The number of hydrogen-bond donors (Lipinski definition) is 1. The molecule has 0 aromatic heterocycles. The molecule has 0 amide bonds. The number of hydrogen-bond acceptors (Lipinski definition) is 1. The van der Waals surface area contributed by atoms with Crippen molar-refractivity contribution in [3.63, 3.8) is 0 Å². The molecule has 17 heavy (non-hydrogen) atoms. The zero-order valence-corrected chi connectivity index (χ0v) is 11.4. The maximum absolute atomic E-state index is 6.06. The highest BCUT2D eigenvalue weighted by Crippen LogP contribution is 2.41. The van der Waals surface area contributed by atoms with E-state index < -0.39 is 0 Å². The van der Waals surface area contributed by atoms with Crippen molar-refractivity contribution in [2.75, 3.05) is 6.54 Å². The van der Waals surface area contributed by atoms with Gasteiger partial charge in [0.25, 0.3) is 0 Å². The molecular formula is C16H25N. The summed E-state index contributed by atoms with van der Waals surface area (Å²) in [6, 6.07) is 9.10. The molecule has 1 aromatic carbocycles. The molecule has 0 aliphatic heterocycles. The molecule has 0 heterocycles. The Morgan fingerprint density at radius 3 is 2.35 bits per heavy atom. The lowest BCUT2D eigenvalue weighted by molar-refractivity contribution is 0.451. The van der Waals surface area contributed by atoms with Crippen LogP contribution in [0.2, 0.25) is 0 Å². The van der Waals surface area contributed by atoms with Crippen LogP contribution in [0.3, 0.4) is 0 Å². The summed E-state index contributed by atoms with van der Waals surface area (Å²) in [5.74, 6) is 0. The summed E-state index contributed by atoms with van der Waals surface area (Å²) in [6.45, 7) is 7.61. The third-order valence-corrected chi connectivity index (χ3v) is 4.29. The summed E-state index contributed by atoms with van der Waals surface area (Å²) in [5, 5.41) is 0. The van der Waals surface area contributed by atoms with E-state index in [1.54, 1.807) is 0 Å². The first-order chi connectivity index (χ1) is 7.98. The second kappa shape index (κ2) is 4.45. The van der Waals surface area contributed by atoms with E-state index in [4.69, 9.17) is 5.73 Å².